The lowest BCUT2D eigenvalue weighted by molar-refractivity contribution is 0.617. The van der Waals surface area contributed by atoms with E-state index >= 15 is 8.78 Å². The minimum Gasteiger partial charge on any atom is -0.310 e. The highest BCUT2D eigenvalue weighted by atomic mass is 19.1. The highest BCUT2D eigenvalue weighted by molar-refractivity contribution is 6.01. The lowest BCUT2D eigenvalue weighted by Crippen LogP contribution is -2.28. The molecule has 71 heavy (non-hydrogen) atoms. The Morgan fingerprint density at radius 2 is 0.676 bits per heavy atom. The Morgan fingerprint density at radius 3 is 1.28 bits per heavy atom. The van der Waals surface area contributed by atoms with Crippen molar-refractivity contribution in [2.24, 2.45) is 0 Å². The van der Waals surface area contributed by atoms with E-state index < -0.39 is 10.8 Å². The van der Waals surface area contributed by atoms with Crippen molar-refractivity contribution in [1.82, 2.24) is 0 Å². The fraction of sp³-hybridized carbons (Fsp3) is 0.0294. The van der Waals surface area contributed by atoms with E-state index in [0.717, 1.165) is 83.8 Å². The monoisotopic (exact) mass is 911 g/mol. The SMILES string of the molecule is Fc1ccc2c(c1)C1(c3ccccc3-2)c2cc(F)ccc2-c2cccc(-c3ccccc3N(c3ccc(-c4ccccc4)cc3)c3ccc4c(c3)C(c3ccccc3)(c3ccccc3)c3ccccc3-4)c21. The molecule has 0 aliphatic heterocycles. The second-order valence-corrected chi connectivity index (χ2v) is 18.9. The Balaban J connectivity index is 1.05. The van der Waals surface area contributed by atoms with Gasteiger partial charge < -0.3 is 4.90 Å². The third kappa shape index (κ3) is 5.84. The quantitative estimate of drug-likeness (QED) is 0.154. The van der Waals surface area contributed by atoms with Crippen molar-refractivity contribution in [1.29, 1.82) is 0 Å². The number of para-hydroxylation sites is 1. The van der Waals surface area contributed by atoms with Gasteiger partial charge in [0.25, 0.3) is 0 Å². The lowest BCUT2D eigenvalue weighted by Gasteiger charge is -2.35. The van der Waals surface area contributed by atoms with Crippen LogP contribution in [0.3, 0.4) is 0 Å². The molecule has 0 aromatic heterocycles. The second kappa shape index (κ2) is 15.8. The molecule has 1 unspecified atom stereocenters. The zero-order chi connectivity index (χ0) is 47.3. The molecule has 11 aromatic rings. The molecule has 1 nitrogen and oxygen atoms in total. The summed E-state index contributed by atoms with van der Waals surface area (Å²) in [6.45, 7) is 0. The third-order valence-corrected chi connectivity index (χ3v) is 15.5. The number of benzene rings is 11. The van der Waals surface area contributed by atoms with Gasteiger partial charge in [-0.1, -0.05) is 206 Å². The summed E-state index contributed by atoms with van der Waals surface area (Å²) in [4.78, 5) is 2.40. The summed E-state index contributed by atoms with van der Waals surface area (Å²) in [7, 11) is 0. The van der Waals surface area contributed by atoms with E-state index in [9.17, 15) is 0 Å². The average molecular weight is 912 g/mol. The standard InChI is InChI=1S/C68H43F2N/c69-48-33-38-54-53-24-11-14-29-61(53)68(62(54)41-48)63-42-49(70)34-39-56(63)58-26-16-27-59(66(58)68)57-25-12-15-30-65(57)71(50-35-31-45(32-36-50)44-17-4-1-5-18-44)51-37-40-55-52-23-10-13-28-60(52)67(64(55)43-51,46-19-6-2-7-20-46)47-21-8-3-9-22-47/h1-43H. The van der Waals surface area contributed by atoms with Crippen molar-refractivity contribution in [2.75, 3.05) is 4.90 Å². The third-order valence-electron chi connectivity index (χ3n) is 15.5. The van der Waals surface area contributed by atoms with E-state index in [1.807, 2.05) is 30.3 Å². The van der Waals surface area contributed by atoms with Crippen LogP contribution >= 0.6 is 0 Å². The first kappa shape index (κ1) is 41.1. The summed E-state index contributed by atoms with van der Waals surface area (Å²) >= 11 is 0. The van der Waals surface area contributed by atoms with Crippen molar-refractivity contribution >= 4 is 17.1 Å². The van der Waals surface area contributed by atoms with E-state index in [-0.39, 0.29) is 11.6 Å². The molecule has 0 saturated carbocycles. The minimum absolute atomic E-state index is 0.328. The Hall–Kier alpha value is -8.92. The van der Waals surface area contributed by atoms with Crippen LogP contribution in [-0.2, 0) is 10.8 Å². The Kier molecular flexibility index (Phi) is 9.15. The highest BCUT2D eigenvalue weighted by Crippen LogP contribution is 2.65. The van der Waals surface area contributed by atoms with Crippen molar-refractivity contribution in [3.05, 3.63) is 317 Å². The molecule has 0 amide bonds. The van der Waals surface area contributed by atoms with Crippen molar-refractivity contribution < 1.29 is 8.78 Å². The summed E-state index contributed by atoms with van der Waals surface area (Å²) in [5.74, 6) is -0.655. The van der Waals surface area contributed by atoms with E-state index in [0.29, 0.717) is 0 Å². The van der Waals surface area contributed by atoms with Gasteiger partial charge in [0.05, 0.1) is 16.5 Å². The van der Waals surface area contributed by atoms with Gasteiger partial charge in [-0.3, -0.25) is 0 Å². The molecule has 0 bridgehead atoms. The molecule has 1 spiro atoms. The molecule has 14 rings (SSSR count). The largest absolute Gasteiger partial charge is 0.310 e. The Morgan fingerprint density at radius 1 is 0.268 bits per heavy atom. The predicted molar refractivity (Wildman–Crippen MR) is 286 cm³/mol. The molecule has 1 atom stereocenters. The van der Waals surface area contributed by atoms with Crippen LogP contribution in [-0.4, -0.2) is 0 Å². The predicted octanol–water partition coefficient (Wildman–Crippen LogP) is 17.5. The van der Waals surface area contributed by atoms with Crippen LogP contribution in [0.5, 0.6) is 0 Å². The van der Waals surface area contributed by atoms with E-state index in [1.165, 1.54) is 33.4 Å². The van der Waals surface area contributed by atoms with E-state index in [2.05, 4.69) is 211 Å². The van der Waals surface area contributed by atoms with Crippen molar-refractivity contribution in [3.8, 4) is 55.6 Å². The fourth-order valence-corrected chi connectivity index (χ4v) is 12.7. The Labute approximate surface area is 412 Å². The van der Waals surface area contributed by atoms with Crippen LogP contribution in [0.15, 0.2) is 261 Å². The number of rotatable bonds is 7. The number of anilines is 3. The molecule has 11 aromatic carbocycles. The number of halogens is 2. The zero-order valence-corrected chi connectivity index (χ0v) is 38.5. The molecule has 334 valence electrons. The molecule has 0 saturated heterocycles. The van der Waals surface area contributed by atoms with Crippen LogP contribution < -0.4 is 4.90 Å². The summed E-state index contributed by atoms with van der Waals surface area (Å²) in [6.07, 6.45) is 0. The molecule has 0 heterocycles. The van der Waals surface area contributed by atoms with E-state index in [1.54, 1.807) is 24.3 Å². The van der Waals surface area contributed by atoms with Crippen LogP contribution in [0.4, 0.5) is 25.8 Å². The smallest absolute Gasteiger partial charge is 0.123 e. The first-order valence-electron chi connectivity index (χ1n) is 24.3. The van der Waals surface area contributed by atoms with Gasteiger partial charge in [-0.2, -0.15) is 0 Å². The van der Waals surface area contributed by atoms with Gasteiger partial charge in [-0.05, 0) is 149 Å². The van der Waals surface area contributed by atoms with Crippen LogP contribution in [0.25, 0.3) is 55.6 Å². The number of fused-ring (bicyclic) bond motifs is 13. The lowest BCUT2D eigenvalue weighted by atomic mass is 9.67. The van der Waals surface area contributed by atoms with Gasteiger partial charge in [-0.25, -0.2) is 8.78 Å². The normalized spacial score (nSPS) is 15.1. The fourth-order valence-electron chi connectivity index (χ4n) is 12.7. The maximum atomic E-state index is 15.9. The molecule has 3 heteroatoms. The maximum Gasteiger partial charge on any atom is 0.123 e. The Bertz CT molecular complexity index is 3840. The van der Waals surface area contributed by atoms with Crippen LogP contribution in [0, 0.1) is 11.6 Å². The summed E-state index contributed by atoms with van der Waals surface area (Å²) < 4.78 is 31.9. The summed E-state index contributed by atoms with van der Waals surface area (Å²) in [5.41, 5.74) is 20.4. The van der Waals surface area contributed by atoms with Gasteiger partial charge in [0.2, 0.25) is 0 Å². The van der Waals surface area contributed by atoms with Gasteiger partial charge in [-0.15, -0.1) is 0 Å². The van der Waals surface area contributed by atoms with E-state index in [4.69, 9.17) is 0 Å². The van der Waals surface area contributed by atoms with Gasteiger partial charge in [0.1, 0.15) is 11.6 Å². The second-order valence-electron chi connectivity index (χ2n) is 18.9. The molecule has 0 N–H and O–H groups in total. The summed E-state index contributed by atoms with van der Waals surface area (Å²) in [5, 5.41) is 0. The summed E-state index contributed by atoms with van der Waals surface area (Å²) in [6, 6.07) is 90.8. The number of hydrogen-bond donors (Lipinski definition) is 0. The van der Waals surface area contributed by atoms with Crippen LogP contribution in [0.2, 0.25) is 0 Å². The average Bonchev–Trinajstić information content (AvgIpc) is 4.01. The molecular weight excluding hydrogens is 869 g/mol. The number of nitrogens with zero attached hydrogens (tertiary/aromatic N) is 1. The first-order chi connectivity index (χ1) is 35.0. The zero-order valence-electron chi connectivity index (χ0n) is 38.5. The minimum atomic E-state index is -1.00. The van der Waals surface area contributed by atoms with Crippen molar-refractivity contribution in [3.63, 3.8) is 0 Å². The molecule has 3 aliphatic carbocycles. The molecule has 0 fully saturated rings. The number of hydrogen-bond acceptors (Lipinski definition) is 1. The topological polar surface area (TPSA) is 3.24 Å². The molecular formula is C68H43F2N. The van der Waals surface area contributed by atoms with Crippen molar-refractivity contribution in [2.45, 2.75) is 10.8 Å². The van der Waals surface area contributed by atoms with Gasteiger partial charge in [0.15, 0.2) is 0 Å². The highest BCUT2D eigenvalue weighted by Gasteiger charge is 2.53. The van der Waals surface area contributed by atoms with Gasteiger partial charge in [0, 0.05) is 16.9 Å². The maximum absolute atomic E-state index is 15.9. The molecule has 3 aliphatic rings. The van der Waals surface area contributed by atoms with Crippen LogP contribution in [0.1, 0.15) is 44.5 Å². The van der Waals surface area contributed by atoms with Gasteiger partial charge >= 0.3 is 0 Å². The first-order valence-corrected chi connectivity index (χ1v) is 24.3. The molecule has 0 radical (unpaired) electrons.